The molecule has 0 bridgehead atoms. The summed E-state index contributed by atoms with van der Waals surface area (Å²) in [4.78, 5) is 12.2. The van der Waals surface area contributed by atoms with E-state index in [0.29, 0.717) is 18.3 Å². The molecule has 120 valence electrons. The van der Waals surface area contributed by atoms with Crippen LogP contribution in [0, 0.1) is 5.41 Å². The highest BCUT2D eigenvalue weighted by atomic mass is 16.5. The van der Waals surface area contributed by atoms with Gasteiger partial charge in [-0.1, -0.05) is 39.3 Å². The summed E-state index contributed by atoms with van der Waals surface area (Å²) in [7, 11) is 0. The molecular formula is C16H29N3O2. The average Bonchev–Trinajstić information content (AvgIpc) is 2.94. The Hall–Kier alpha value is -1.36. The Labute approximate surface area is 127 Å². The van der Waals surface area contributed by atoms with E-state index in [1.807, 2.05) is 6.92 Å². The fourth-order valence-corrected chi connectivity index (χ4v) is 2.54. The van der Waals surface area contributed by atoms with Crippen LogP contribution >= 0.6 is 0 Å². The first kappa shape index (κ1) is 17.7. The largest absolute Gasteiger partial charge is 0.361 e. The van der Waals surface area contributed by atoms with Crippen molar-refractivity contribution in [3.63, 3.8) is 0 Å². The number of carbonyl (C=O) groups excluding carboxylic acids is 1. The summed E-state index contributed by atoms with van der Waals surface area (Å²) < 4.78 is 5.08. The Morgan fingerprint density at radius 2 is 2.14 bits per heavy atom. The Balaban J connectivity index is 2.65. The van der Waals surface area contributed by atoms with Crippen LogP contribution in [0.5, 0.6) is 0 Å². The molecule has 5 heteroatoms. The van der Waals surface area contributed by atoms with Crippen molar-refractivity contribution >= 4 is 5.91 Å². The van der Waals surface area contributed by atoms with Crippen molar-refractivity contribution < 1.29 is 9.32 Å². The SMILES string of the molecule is CCCC(C)(CNC(=O)c1cc(CC)on1)C(C)NCC. The van der Waals surface area contributed by atoms with Gasteiger partial charge in [0.25, 0.3) is 5.91 Å². The van der Waals surface area contributed by atoms with Gasteiger partial charge in [0.2, 0.25) is 0 Å². The van der Waals surface area contributed by atoms with E-state index in [9.17, 15) is 4.79 Å². The molecular weight excluding hydrogens is 266 g/mol. The maximum atomic E-state index is 12.2. The van der Waals surface area contributed by atoms with Crippen LogP contribution in [0.4, 0.5) is 0 Å². The monoisotopic (exact) mass is 295 g/mol. The molecule has 21 heavy (non-hydrogen) atoms. The molecule has 0 aromatic carbocycles. The predicted octanol–water partition coefficient (Wildman–Crippen LogP) is 2.77. The summed E-state index contributed by atoms with van der Waals surface area (Å²) in [5.74, 6) is 0.571. The van der Waals surface area contributed by atoms with Crippen LogP contribution in [-0.4, -0.2) is 30.2 Å². The lowest BCUT2D eigenvalue weighted by Crippen LogP contribution is -2.48. The highest BCUT2D eigenvalue weighted by Gasteiger charge is 2.30. The average molecular weight is 295 g/mol. The van der Waals surface area contributed by atoms with E-state index in [-0.39, 0.29) is 11.3 Å². The van der Waals surface area contributed by atoms with Crippen LogP contribution in [0.2, 0.25) is 0 Å². The summed E-state index contributed by atoms with van der Waals surface area (Å²) in [6.07, 6.45) is 2.89. The molecule has 0 spiro atoms. The zero-order chi connectivity index (χ0) is 15.9. The van der Waals surface area contributed by atoms with Gasteiger partial charge in [0.05, 0.1) is 0 Å². The summed E-state index contributed by atoms with van der Waals surface area (Å²) in [5.41, 5.74) is 0.388. The molecule has 0 saturated carbocycles. The van der Waals surface area contributed by atoms with Crippen LogP contribution in [0.25, 0.3) is 0 Å². The lowest BCUT2D eigenvalue weighted by Gasteiger charge is -2.36. The van der Waals surface area contributed by atoms with Crippen molar-refractivity contribution in [1.82, 2.24) is 15.8 Å². The van der Waals surface area contributed by atoms with Crippen molar-refractivity contribution in [2.75, 3.05) is 13.1 Å². The van der Waals surface area contributed by atoms with E-state index < -0.39 is 0 Å². The van der Waals surface area contributed by atoms with Gasteiger partial charge in [-0.25, -0.2) is 0 Å². The van der Waals surface area contributed by atoms with Crippen molar-refractivity contribution in [3.05, 3.63) is 17.5 Å². The molecule has 1 aromatic heterocycles. The smallest absolute Gasteiger partial charge is 0.273 e. The fraction of sp³-hybridized carbons (Fsp3) is 0.750. The first-order valence-corrected chi connectivity index (χ1v) is 7.94. The lowest BCUT2D eigenvalue weighted by molar-refractivity contribution is 0.0908. The van der Waals surface area contributed by atoms with Crippen LogP contribution in [0.15, 0.2) is 10.6 Å². The number of amides is 1. The van der Waals surface area contributed by atoms with Gasteiger partial charge in [-0.15, -0.1) is 0 Å². The van der Waals surface area contributed by atoms with E-state index in [0.717, 1.165) is 31.6 Å². The molecule has 1 amide bonds. The summed E-state index contributed by atoms with van der Waals surface area (Å²) in [5, 5.41) is 10.3. The molecule has 1 rings (SSSR count). The highest BCUT2D eigenvalue weighted by molar-refractivity contribution is 5.92. The van der Waals surface area contributed by atoms with Crippen LogP contribution in [0.3, 0.4) is 0 Å². The predicted molar refractivity (Wildman–Crippen MR) is 84.4 cm³/mol. The molecule has 1 aromatic rings. The molecule has 0 aliphatic carbocycles. The molecule has 0 radical (unpaired) electrons. The van der Waals surface area contributed by atoms with Gasteiger partial charge < -0.3 is 15.2 Å². The molecule has 2 unspecified atom stereocenters. The van der Waals surface area contributed by atoms with Gasteiger partial charge in [0.15, 0.2) is 5.69 Å². The molecule has 2 N–H and O–H groups in total. The maximum absolute atomic E-state index is 12.2. The minimum Gasteiger partial charge on any atom is -0.361 e. The van der Waals surface area contributed by atoms with E-state index in [1.54, 1.807) is 6.07 Å². The summed E-state index contributed by atoms with van der Waals surface area (Å²) >= 11 is 0. The third-order valence-corrected chi connectivity index (χ3v) is 4.17. The van der Waals surface area contributed by atoms with E-state index >= 15 is 0 Å². The summed E-state index contributed by atoms with van der Waals surface area (Å²) in [6, 6.07) is 2.05. The van der Waals surface area contributed by atoms with Crippen LogP contribution in [0.1, 0.15) is 63.7 Å². The zero-order valence-electron chi connectivity index (χ0n) is 14.0. The van der Waals surface area contributed by atoms with Gasteiger partial charge in [0, 0.05) is 25.1 Å². The Bertz CT molecular complexity index is 444. The number of nitrogens with zero attached hydrogens (tertiary/aromatic N) is 1. The second-order valence-corrected chi connectivity index (χ2v) is 5.90. The minimum atomic E-state index is -0.163. The topological polar surface area (TPSA) is 67.2 Å². The van der Waals surface area contributed by atoms with E-state index in [2.05, 4.69) is 43.5 Å². The third-order valence-electron chi connectivity index (χ3n) is 4.17. The van der Waals surface area contributed by atoms with E-state index in [4.69, 9.17) is 4.52 Å². The van der Waals surface area contributed by atoms with Crippen molar-refractivity contribution in [3.8, 4) is 0 Å². The van der Waals surface area contributed by atoms with Gasteiger partial charge in [-0.3, -0.25) is 4.79 Å². The van der Waals surface area contributed by atoms with E-state index in [1.165, 1.54) is 0 Å². The zero-order valence-corrected chi connectivity index (χ0v) is 14.0. The number of carbonyl (C=O) groups is 1. The van der Waals surface area contributed by atoms with Gasteiger partial charge in [-0.2, -0.15) is 0 Å². The molecule has 2 atom stereocenters. The van der Waals surface area contributed by atoms with Gasteiger partial charge in [0.1, 0.15) is 5.76 Å². The Morgan fingerprint density at radius 3 is 2.67 bits per heavy atom. The molecule has 1 heterocycles. The highest BCUT2D eigenvalue weighted by Crippen LogP contribution is 2.27. The normalized spacial score (nSPS) is 15.5. The molecule has 0 saturated heterocycles. The molecule has 0 aliphatic rings. The maximum Gasteiger partial charge on any atom is 0.273 e. The van der Waals surface area contributed by atoms with Gasteiger partial charge >= 0.3 is 0 Å². The van der Waals surface area contributed by atoms with Crippen molar-refractivity contribution in [1.29, 1.82) is 0 Å². The number of aromatic nitrogens is 1. The third kappa shape index (κ3) is 4.84. The Morgan fingerprint density at radius 1 is 1.43 bits per heavy atom. The number of rotatable bonds is 9. The lowest BCUT2D eigenvalue weighted by atomic mass is 9.79. The first-order chi connectivity index (χ1) is 9.96. The number of aryl methyl sites for hydroxylation is 1. The number of hydrogen-bond acceptors (Lipinski definition) is 4. The number of hydrogen-bond donors (Lipinski definition) is 2. The standard InChI is InChI=1S/C16H29N3O2/c1-6-9-16(5,12(4)17-8-3)11-18-15(20)14-10-13(7-2)21-19-14/h10,12,17H,6-9,11H2,1-5H3,(H,18,20). The fourth-order valence-electron chi connectivity index (χ4n) is 2.54. The molecule has 0 aliphatic heterocycles. The summed E-state index contributed by atoms with van der Waals surface area (Å²) in [6.45, 7) is 12.2. The van der Waals surface area contributed by atoms with Crippen LogP contribution in [-0.2, 0) is 6.42 Å². The Kier molecular flexibility index (Phi) is 6.89. The first-order valence-electron chi connectivity index (χ1n) is 7.94. The van der Waals surface area contributed by atoms with Crippen molar-refractivity contribution in [2.45, 2.75) is 59.9 Å². The van der Waals surface area contributed by atoms with Gasteiger partial charge in [-0.05, 0) is 25.3 Å². The molecule has 5 nitrogen and oxygen atoms in total. The quantitative estimate of drug-likeness (QED) is 0.735. The minimum absolute atomic E-state index is 0.0255. The second-order valence-electron chi connectivity index (χ2n) is 5.90. The second kappa shape index (κ2) is 8.17. The number of nitrogens with one attached hydrogen (secondary N) is 2. The molecule has 0 fully saturated rings. The van der Waals surface area contributed by atoms with Crippen molar-refractivity contribution in [2.24, 2.45) is 5.41 Å². The van der Waals surface area contributed by atoms with Crippen LogP contribution < -0.4 is 10.6 Å².